The first-order valence-electron chi connectivity index (χ1n) is 14.4. The standard InChI is InChI=1S/C39H26N4/c1-3-12-28(13-4-1)37-38(41-34-19-8-7-18-33(34)40-37)31-15-11-14-30(26-31)27-22-24-29(25-23-27)39-42-35-20-9-10-21-36(35)43(39)32-16-5-2-6-17-32/h1-26H. The maximum Gasteiger partial charge on any atom is 0.145 e. The maximum atomic E-state index is 5.10. The van der Waals surface area contributed by atoms with Gasteiger partial charge in [0.15, 0.2) is 0 Å². The molecule has 0 saturated heterocycles. The monoisotopic (exact) mass is 550 g/mol. The largest absolute Gasteiger partial charge is 0.292 e. The number of nitrogens with zero attached hydrogens (tertiary/aromatic N) is 4. The van der Waals surface area contributed by atoms with E-state index in [1.165, 1.54) is 0 Å². The zero-order chi connectivity index (χ0) is 28.6. The summed E-state index contributed by atoms with van der Waals surface area (Å²) in [5.41, 5.74) is 12.1. The fourth-order valence-corrected chi connectivity index (χ4v) is 5.71. The van der Waals surface area contributed by atoms with Crippen LogP contribution in [0.25, 0.3) is 72.8 Å². The Balaban J connectivity index is 1.21. The van der Waals surface area contributed by atoms with E-state index in [9.17, 15) is 0 Å². The van der Waals surface area contributed by atoms with Crippen LogP contribution in [0.1, 0.15) is 0 Å². The molecule has 0 aliphatic heterocycles. The van der Waals surface area contributed by atoms with Crippen molar-refractivity contribution in [3.63, 3.8) is 0 Å². The average Bonchev–Trinajstić information content (AvgIpc) is 3.48. The molecule has 4 nitrogen and oxygen atoms in total. The second-order valence-electron chi connectivity index (χ2n) is 10.5. The minimum absolute atomic E-state index is 0.875. The van der Waals surface area contributed by atoms with Crippen molar-refractivity contribution in [2.45, 2.75) is 0 Å². The lowest BCUT2D eigenvalue weighted by molar-refractivity contribution is 1.10. The highest BCUT2D eigenvalue weighted by Crippen LogP contribution is 2.34. The molecule has 0 N–H and O–H groups in total. The van der Waals surface area contributed by atoms with E-state index in [1.54, 1.807) is 0 Å². The Morgan fingerprint density at radius 2 is 0.884 bits per heavy atom. The smallest absolute Gasteiger partial charge is 0.145 e. The molecule has 202 valence electrons. The van der Waals surface area contributed by atoms with E-state index < -0.39 is 0 Å². The summed E-state index contributed by atoms with van der Waals surface area (Å²) >= 11 is 0. The van der Waals surface area contributed by atoms with Gasteiger partial charge in [0.1, 0.15) is 5.82 Å². The lowest BCUT2D eigenvalue weighted by Gasteiger charge is -2.12. The Morgan fingerprint density at radius 3 is 1.60 bits per heavy atom. The van der Waals surface area contributed by atoms with E-state index in [4.69, 9.17) is 15.0 Å². The topological polar surface area (TPSA) is 43.6 Å². The number of imidazole rings is 1. The number of fused-ring (bicyclic) bond motifs is 2. The molecule has 0 fully saturated rings. The van der Waals surface area contributed by atoms with Gasteiger partial charge in [-0.3, -0.25) is 4.57 Å². The molecule has 8 rings (SSSR count). The second kappa shape index (κ2) is 10.5. The molecule has 0 bridgehead atoms. The van der Waals surface area contributed by atoms with Crippen molar-refractivity contribution < 1.29 is 0 Å². The van der Waals surface area contributed by atoms with Gasteiger partial charge in [0.25, 0.3) is 0 Å². The Labute approximate surface area is 249 Å². The Bertz CT molecular complexity index is 2220. The zero-order valence-electron chi connectivity index (χ0n) is 23.3. The molecule has 2 heterocycles. The highest BCUT2D eigenvalue weighted by molar-refractivity contribution is 5.88. The molecular weight excluding hydrogens is 524 g/mol. The molecule has 4 heteroatoms. The van der Waals surface area contributed by atoms with E-state index in [0.717, 1.165) is 72.8 Å². The van der Waals surface area contributed by atoms with Crippen LogP contribution >= 0.6 is 0 Å². The summed E-state index contributed by atoms with van der Waals surface area (Å²) < 4.78 is 2.23. The first kappa shape index (κ1) is 24.9. The van der Waals surface area contributed by atoms with Crippen LogP contribution in [0.3, 0.4) is 0 Å². The van der Waals surface area contributed by atoms with Crippen molar-refractivity contribution >= 4 is 22.1 Å². The van der Waals surface area contributed by atoms with Gasteiger partial charge >= 0.3 is 0 Å². The number of aromatic nitrogens is 4. The van der Waals surface area contributed by atoms with Gasteiger partial charge in [-0.2, -0.15) is 0 Å². The number of benzene rings is 6. The van der Waals surface area contributed by atoms with Gasteiger partial charge in [0.05, 0.1) is 33.5 Å². The van der Waals surface area contributed by atoms with E-state index in [1.807, 2.05) is 54.6 Å². The predicted octanol–water partition coefficient (Wildman–Crippen LogP) is 9.64. The SMILES string of the molecule is c1ccc(-c2nc3ccccc3nc2-c2cccc(-c3ccc(-c4nc5ccccc5n4-c4ccccc4)cc3)c2)cc1. The summed E-state index contributed by atoms with van der Waals surface area (Å²) in [5.74, 6) is 0.923. The van der Waals surface area contributed by atoms with Gasteiger partial charge in [-0.15, -0.1) is 0 Å². The highest BCUT2D eigenvalue weighted by Gasteiger charge is 2.16. The fraction of sp³-hybridized carbons (Fsp3) is 0. The number of hydrogen-bond acceptors (Lipinski definition) is 3. The van der Waals surface area contributed by atoms with Gasteiger partial charge in [-0.05, 0) is 53.6 Å². The van der Waals surface area contributed by atoms with Gasteiger partial charge in [0, 0.05) is 22.4 Å². The minimum atomic E-state index is 0.875. The minimum Gasteiger partial charge on any atom is -0.292 e. The molecule has 6 aromatic carbocycles. The van der Waals surface area contributed by atoms with Crippen LogP contribution in [0.5, 0.6) is 0 Å². The normalized spacial score (nSPS) is 11.3. The third-order valence-corrected chi connectivity index (χ3v) is 7.81. The highest BCUT2D eigenvalue weighted by atomic mass is 15.1. The first-order chi connectivity index (χ1) is 21.3. The Kier molecular flexibility index (Phi) is 6.08. The Morgan fingerprint density at radius 1 is 0.349 bits per heavy atom. The number of hydrogen-bond donors (Lipinski definition) is 0. The van der Waals surface area contributed by atoms with Crippen molar-refractivity contribution in [2.24, 2.45) is 0 Å². The third-order valence-electron chi connectivity index (χ3n) is 7.81. The van der Waals surface area contributed by atoms with Crippen LogP contribution in [-0.4, -0.2) is 19.5 Å². The molecule has 0 amide bonds. The summed E-state index contributed by atoms with van der Waals surface area (Å²) in [7, 11) is 0. The van der Waals surface area contributed by atoms with Crippen LogP contribution in [0.4, 0.5) is 0 Å². The molecule has 0 radical (unpaired) electrons. The van der Waals surface area contributed by atoms with Crippen molar-refractivity contribution in [1.29, 1.82) is 0 Å². The second-order valence-corrected chi connectivity index (χ2v) is 10.5. The van der Waals surface area contributed by atoms with Gasteiger partial charge in [-0.1, -0.05) is 115 Å². The van der Waals surface area contributed by atoms with Crippen molar-refractivity contribution in [2.75, 3.05) is 0 Å². The van der Waals surface area contributed by atoms with Crippen LogP contribution in [0.2, 0.25) is 0 Å². The third kappa shape index (κ3) is 4.55. The quantitative estimate of drug-likeness (QED) is 0.214. The molecule has 0 unspecified atom stereocenters. The molecule has 0 spiro atoms. The molecule has 0 atom stereocenters. The number of rotatable bonds is 5. The predicted molar refractivity (Wildman–Crippen MR) is 176 cm³/mol. The molecule has 0 saturated carbocycles. The summed E-state index contributed by atoms with van der Waals surface area (Å²) in [4.78, 5) is 15.2. The molecule has 0 aliphatic carbocycles. The average molecular weight is 551 g/mol. The fourth-order valence-electron chi connectivity index (χ4n) is 5.71. The Hall–Kier alpha value is -5.87. The summed E-state index contributed by atoms with van der Waals surface area (Å²) in [6.45, 7) is 0. The van der Waals surface area contributed by atoms with Crippen LogP contribution in [0.15, 0.2) is 158 Å². The van der Waals surface area contributed by atoms with Crippen LogP contribution < -0.4 is 0 Å². The van der Waals surface area contributed by atoms with Crippen molar-refractivity contribution in [3.8, 4) is 50.7 Å². The summed E-state index contributed by atoms with van der Waals surface area (Å²) in [6.07, 6.45) is 0. The van der Waals surface area contributed by atoms with Gasteiger partial charge < -0.3 is 0 Å². The molecule has 2 aromatic heterocycles. The van der Waals surface area contributed by atoms with Gasteiger partial charge in [0.2, 0.25) is 0 Å². The number of para-hydroxylation sites is 5. The van der Waals surface area contributed by atoms with Gasteiger partial charge in [-0.25, -0.2) is 15.0 Å². The first-order valence-corrected chi connectivity index (χ1v) is 14.4. The van der Waals surface area contributed by atoms with E-state index >= 15 is 0 Å². The van der Waals surface area contributed by atoms with E-state index in [0.29, 0.717) is 0 Å². The lowest BCUT2D eigenvalue weighted by Crippen LogP contribution is -1.97. The lowest BCUT2D eigenvalue weighted by atomic mass is 9.98. The maximum absolute atomic E-state index is 5.10. The van der Waals surface area contributed by atoms with Crippen molar-refractivity contribution in [3.05, 3.63) is 158 Å². The van der Waals surface area contributed by atoms with Crippen molar-refractivity contribution in [1.82, 2.24) is 19.5 Å². The summed E-state index contributed by atoms with van der Waals surface area (Å²) in [5, 5.41) is 0. The molecule has 43 heavy (non-hydrogen) atoms. The van der Waals surface area contributed by atoms with Crippen LogP contribution in [-0.2, 0) is 0 Å². The zero-order valence-corrected chi connectivity index (χ0v) is 23.3. The van der Waals surface area contributed by atoms with Crippen LogP contribution in [0, 0.1) is 0 Å². The summed E-state index contributed by atoms with van der Waals surface area (Å²) in [6, 6.07) is 54.3. The molecule has 8 aromatic rings. The molecule has 0 aliphatic rings. The van der Waals surface area contributed by atoms with E-state index in [-0.39, 0.29) is 0 Å². The van der Waals surface area contributed by atoms with E-state index in [2.05, 4.69) is 108 Å². The molecular formula is C39H26N4.